The van der Waals surface area contributed by atoms with E-state index in [1.807, 2.05) is 108 Å². The third kappa shape index (κ3) is 29.3. The van der Waals surface area contributed by atoms with Gasteiger partial charge >= 0.3 is 54.6 Å². The molecular formula is C66H76BIN18O23. The van der Waals surface area contributed by atoms with Crippen molar-refractivity contribution < 1.29 is 102 Å². The number of amides is 1. The van der Waals surface area contributed by atoms with Crippen LogP contribution in [0.15, 0.2) is 140 Å². The van der Waals surface area contributed by atoms with Crippen molar-refractivity contribution in [3.8, 4) is 56.8 Å². The second kappa shape index (κ2) is 47.5. The zero-order chi connectivity index (χ0) is 81.1. The summed E-state index contributed by atoms with van der Waals surface area (Å²) in [5.41, 5.74) is 15.8. The van der Waals surface area contributed by atoms with E-state index in [9.17, 15) is 53.8 Å². The maximum Gasteiger partial charge on any atom is 0.492 e. The summed E-state index contributed by atoms with van der Waals surface area (Å²) in [6.45, 7) is 12.2. The van der Waals surface area contributed by atoms with Crippen LogP contribution in [0, 0.1) is 23.9 Å². The first kappa shape index (κ1) is 89.4. The number of benzene rings is 4. The van der Waals surface area contributed by atoms with Gasteiger partial charge in [0.2, 0.25) is 0 Å². The number of nitrogens with two attached hydrogens (primary N) is 2. The summed E-state index contributed by atoms with van der Waals surface area (Å²) >= 11 is 2.04. The van der Waals surface area contributed by atoms with Crippen molar-refractivity contribution in [2.45, 2.75) is 41.5 Å². The SMILES string of the molecule is CC.CCOC(=O)c1cc(-c2ccccc2OC)n[nH]1.CCOC(=O)c1cc(I)[nH]n1.CCOC(=O)c1cc(N)n[nH]1.CCOC(=O)c1cc([N+](=O)[O-])[nH]n1.COc1ccccc1-c1cc(C(=O)O)[nH]n1.COc1ccccc1-c1cc(C(N)=O)[nH]n1.COc1ccccc1B(O)O.O=C(O)c1cc([N+](=O)[O-])[nH]n1. The number of rotatable bonds is 21. The van der Waals surface area contributed by atoms with Crippen molar-refractivity contribution in [1.29, 1.82) is 0 Å². The van der Waals surface area contributed by atoms with Gasteiger partial charge in [-0.25, -0.2) is 28.8 Å². The van der Waals surface area contributed by atoms with E-state index in [-0.39, 0.29) is 52.7 Å². The number of nitrogens with zero attached hydrogens (tertiary/aromatic N) is 9. The second-order valence-electron chi connectivity index (χ2n) is 19.7. The summed E-state index contributed by atoms with van der Waals surface area (Å²) < 4.78 is 40.2. The number of primary amides is 1. The summed E-state index contributed by atoms with van der Waals surface area (Å²) in [4.78, 5) is 94.8. The molecule has 0 saturated heterocycles. The first-order valence-electron chi connectivity index (χ1n) is 31.6. The summed E-state index contributed by atoms with van der Waals surface area (Å²) in [6.07, 6.45) is 0. The van der Waals surface area contributed by atoms with E-state index in [0.717, 1.165) is 32.5 Å². The van der Waals surface area contributed by atoms with Crippen LogP contribution in [-0.4, -0.2) is 205 Å². The molecule has 43 heteroatoms. The number of hydrogen-bond donors (Lipinski definition) is 13. The quantitative estimate of drug-likeness (QED) is 0.00826. The number of halogens is 1. The van der Waals surface area contributed by atoms with Crippen LogP contribution in [0.1, 0.15) is 115 Å². The lowest BCUT2D eigenvalue weighted by Crippen LogP contribution is -2.30. The lowest BCUT2D eigenvalue weighted by atomic mass is 9.80. The van der Waals surface area contributed by atoms with Crippen LogP contribution in [-0.2, 0) is 18.9 Å². The van der Waals surface area contributed by atoms with Gasteiger partial charge in [-0.15, -0.1) is 10.2 Å². The Labute approximate surface area is 632 Å². The Bertz CT molecular complexity index is 4520. The molecule has 7 aromatic heterocycles. The molecule has 1 amide bonds. The Morgan fingerprint density at radius 2 is 0.780 bits per heavy atom. The molecule has 0 saturated carbocycles. The van der Waals surface area contributed by atoms with Crippen LogP contribution in [0.3, 0.4) is 0 Å². The first-order valence-corrected chi connectivity index (χ1v) is 32.7. The maximum atomic E-state index is 11.5. The molecule has 0 radical (unpaired) electrons. The van der Waals surface area contributed by atoms with Crippen molar-refractivity contribution in [3.63, 3.8) is 0 Å². The summed E-state index contributed by atoms with van der Waals surface area (Å²) in [5.74, 6) is -2.69. The first-order chi connectivity index (χ1) is 52.2. The van der Waals surface area contributed by atoms with Crippen LogP contribution in [0.25, 0.3) is 33.8 Å². The highest BCUT2D eigenvalue weighted by molar-refractivity contribution is 14.1. The summed E-state index contributed by atoms with van der Waals surface area (Å²) in [7, 11) is 4.76. The van der Waals surface area contributed by atoms with E-state index in [4.69, 9.17) is 60.1 Å². The molecule has 0 unspecified atom stereocenters. The number of carboxylic acid groups (broad SMARTS) is 2. The highest BCUT2D eigenvalue weighted by Gasteiger charge is 2.20. The molecule has 0 fully saturated rings. The van der Waals surface area contributed by atoms with Crippen molar-refractivity contribution in [1.82, 2.24) is 71.4 Å². The van der Waals surface area contributed by atoms with Crippen molar-refractivity contribution in [2.75, 3.05) is 60.6 Å². The van der Waals surface area contributed by atoms with Gasteiger partial charge in [0.05, 0.1) is 87.8 Å². The van der Waals surface area contributed by atoms with Gasteiger partial charge in [-0.3, -0.25) is 30.3 Å². The number of anilines is 1. The lowest BCUT2D eigenvalue weighted by Gasteiger charge is -2.05. The van der Waals surface area contributed by atoms with E-state index in [1.165, 1.54) is 19.2 Å². The Morgan fingerprint density at radius 3 is 1.10 bits per heavy atom. The zero-order valence-electron chi connectivity index (χ0n) is 59.8. The maximum absolute atomic E-state index is 11.5. The van der Waals surface area contributed by atoms with Crippen molar-refractivity contribution in [2.24, 2.45) is 5.73 Å². The molecule has 41 nitrogen and oxygen atoms in total. The normalized spacial score (nSPS) is 9.66. The van der Waals surface area contributed by atoms with Gasteiger partial charge in [0, 0.05) is 34.3 Å². The Balaban J connectivity index is 0.000000324. The highest BCUT2D eigenvalue weighted by atomic mass is 127. The van der Waals surface area contributed by atoms with E-state index in [2.05, 4.69) is 75.8 Å². The monoisotopic (exact) mass is 1630 g/mol. The van der Waals surface area contributed by atoms with Gasteiger partial charge in [-0.2, -0.15) is 25.5 Å². The molecule has 4 aromatic carbocycles. The fourth-order valence-electron chi connectivity index (χ4n) is 7.86. The molecule has 15 N–H and O–H groups in total. The average molecular weight is 1630 g/mol. The third-order valence-corrected chi connectivity index (χ3v) is 13.2. The molecule has 11 rings (SSSR count). The minimum atomic E-state index is -1.47. The van der Waals surface area contributed by atoms with Gasteiger partial charge in [0.25, 0.3) is 5.91 Å². The van der Waals surface area contributed by atoms with Crippen LogP contribution in [0.2, 0.25) is 0 Å². The number of aromatic amines is 7. The topological polar surface area (TPSA) is 613 Å². The van der Waals surface area contributed by atoms with Crippen LogP contribution < -0.4 is 35.9 Å². The van der Waals surface area contributed by atoms with Crippen LogP contribution in [0.4, 0.5) is 17.5 Å². The fourth-order valence-corrected chi connectivity index (χ4v) is 8.28. The number of methoxy groups -OCH3 is 4. The molecule has 11 aromatic rings. The fraction of sp³-hybridized carbons (Fsp3) is 0.212. The third-order valence-electron chi connectivity index (χ3n) is 12.6. The Kier molecular flexibility index (Phi) is 38.9. The largest absolute Gasteiger partial charge is 0.497 e. The number of para-hydroxylation sites is 4. The number of esters is 4. The van der Waals surface area contributed by atoms with Gasteiger partial charge in [0.15, 0.2) is 17.1 Å². The summed E-state index contributed by atoms with van der Waals surface area (Å²) in [6, 6.07) is 38.6. The smallest absolute Gasteiger partial charge is 0.492 e. The van der Waals surface area contributed by atoms with E-state index in [0.29, 0.717) is 76.8 Å². The molecule has 0 bridgehead atoms. The van der Waals surface area contributed by atoms with Crippen molar-refractivity contribution >= 4 is 94.3 Å². The minimum absolute atomic E-state index is 0.0564. The number of aromatic carboxylic acids is 2. The number of carbonyl (C=O) groups is 7. The van der Waals surface area contributed by atoms with Gasteiger partial charge in [-0.05, 0) is 121 Å². The predicted molar refractivity (Wildman–Crippen MR) is 397 cm³/mol. The summed E-state index contributed by atoms with van der Waals surface area (Å²) in [5, 5.41) is 97.6. The van der Waals surface area contributed by atoms with E-state index < -0.39 is 58.5 Å². The van der Waals surface area contributed by atoms with Crippen molar-refractivity contribution in [3.05, 3.63) is 203 Å². The molecule has 7 heterocycles. The van der Waals surface area contributed by atoms with E-state index in [1.54, 1.807) is 97.6 Å². The van der Waals surface area contributed by atoms with Gasteiger partial charge in [0.1, 0.15) is 51.6 Å². The number of nitro groups is 2. The number of aromatic nitrogens is 14. The number of carboxylic acids is 2. The highest BCUT2D eigenvalue weighted by Crippen LogP contribution is 2.31. The second-order valence-corrected chi connectivity index (χ2v) is 20.8. The number of nitrogens with one attached hydrogen (secondary N) is 7. The average Bonchev–Trinajstić information content (AvgIpc) is 1.74. The number of ether oxygens (including phenoxy) is 8. The Morgan fingerprint density at radius 1 is 0.440 bits per heavy atom. The Hall–Kier alpha value is -13.8. The predicted octanol–water partition coefficient (Wildman–Crippen LogP) is 7.50. The molecule has 0 aliphatic rings. The molecule has 0 atom stereocenters. The van der Waals surface area contributed by atoms with Gasteiger partial charge < -0.3 is 89.9 Å². The molecule has 0 aliphatic carbocycles. The lowest BCUT2D eigenvalue weighted by molar-refractivity contribution is -0.389. The van der Waals surface area contributed by atoms with Gasteiger partial charge in [-0.1, -0.05) is 78.6 Å². The van der Waals surface area contributed by atoms with E-state index >= 15 is 0 Å². The molecular weight excluding hydrogens is 1550 g/mol. The minimum Gasteiger partial charge on any atom is -0.497 e. The zero-order valence-corrected chi connectivity index (χ0v) is 61.9. The number of hydrogen-bond acceptors (Lipinski definition) is 29. The molecule has 0 spiro atoms. The number of H-pyrrole nitrogens is 7. The van der Waals surface area contributed by atoms with Crippen LogP contribution >= 0.6 is 22.6 Å². The molecule has 109 heavy (non-hydrogen) atoms. The number of carbonyl (C=O) groups excluding carboxylic acids is 5. The standard InChI is InChI=1S/C13H14N2O3.C11H11N3O2.C11H10N2O3.C7H9BO3.C6H7IN2O2.C6H7N3O4.C6H9N3O2.C4H3N3O4.C2H6/c1-3-18-13(16)11-8-10(14-15-11)9-6-4-5-7-12(9)17-2;1-16-10-5-3-2-4-7(10)8-6-9(11(12)15)14-13-8;1-16-10-5-3-2-4-7(10)8-6-9(11(14)15)13-12-8;1-11-7-5-3-2-4-6(7)8(9)10;1-2-11-6(10)4-3-5(7)9-8-4;1-2-13-6(10)4-3-5(8-7-4)9(11)12;1-2-11-6(10)4-3-5(7)9-8-4;8-4(9)2-1-3(6-5-2)7(10)11;1-2/h4-8H,3H2,1-2H3,(H,14,15);2-6H,1H3,(H2,12,15)(H,13,14);2-6H,1H3,(H,12,13)(H,14,15);2-5,9-10H,1H3;3H,2H2,1H3,(H,8,9);3H,2H2,1H3,(H,7,8);3H,2H2,1H3,(H3,7,8,9);1H,(H,5,6)(H,8,9);1-2H3. The van der Waals surface area contributed by atoms with Crippen LogP contribution in [0.5, 0.6) is 23.0 Å². The number of nitrogen functional groups attached to an aromatic ring is 1. The molecule has 578 valence electrons. The molecule has 0 aliphatic heterocycles.